The molecule has 0 radical (unpaired) electrons. The second-order valence-electron chi connectivity index (χ2n) is 6.13. The molecule has 0 atom stereocenters. The number of carbonyl (C=O) groups excluding carboxylic acids is 2. The molecule has 0 spiro atoms. The summed E-state index contributed by atoms with van der Waals surface area (Å²) in [5, 5.41) is 5.58. The molecular formula is C22H22N2O4. The van der Waals surface area contributed by atoms with Gasteiger partial charge in [-0.3, -0.25) is 9.59 Å². The molecule has 2 aromatic carbocycles. The molecule has 0 saturated carbocycles. The second kappa shape index (κ2) is 9.41. The van der Waals surface area contributed by atoms with Gasteiger partial charge in [-0.2, -0.15) is 0 Å². The van der Waals surface area contributed by atoms with Crippen LogP contribution in [0.3, 0.4) is 0 Å². The molecule has 0 aliphatic rings. The van der Waals surface area contributed by atoms with Crippen molar-refractivity contribution in [2.24, 2.45) is 0 Å². The average Bonchev–Trinajstić information content (AvgIpc) is 3.25. The highest BCUT2D eigenvalue weighted by Gasteiger charge is 2.14. The van der Waals surface area contributed by atoms with Gasteiger partial charge in [-0.1, -0.05) is 19.1 Å². The summed E-state index contributed by atoms with van der Waals surface area (Å²) in [4.78, 5) is 25.1. The lowest BCUT2D eigenvalue weighted by atomic mass is 10.1. The Balaban J connectivity index is 1.66. The smallest absolute Gasteiger partial charge is 0.255 e. The van der Waals surface area contributed by atoms with Crippen LogP contribution in [0.4, 0.5) is 5.69 Å². The standard InChI is InChI=1S/C22H22N2O4/c1-2-13-27-17-11-9-16(10-12-17)21(25)24-20-8-4-3-7-19(20)22(26)23-15-18-6-5-14-28-18/h3-12,14H,2,13,15H2,1H3,(H,23,26)(H,24,25). The van der Waals surface area contributed by atoms with E-state index in [1.807, 2.05) is 6.92 Å². The predicted octanol–water partition coefficient (Wildman–Crippen LogP) is 4.25. The lowest BCUT2D eigenvalue weighted by molar-refractivity contribution is 0.0949. The third-order valence-electron chi connectivity index (χ3n) is 4.01. The Bertz CT molecular complexity index is 918. The van der Waals surface area contributed by atoms with Crippen LogP contribution < -0.4 is 15.4 Å². The number of carbonyl (C=O) groups is 2. The van der Waals surface area contributed by atoms with E-state index in [0.29, 0.717) is 29.2 Å². The number of nitrogens with one attached hydrogen (secondary N) is 2. The molecule has 3 rings (SSSR count). The zero-order chi connectivity index (χ0) is 19.8. The van der Waals surface area contributed by atoms with Crippen molar-refractivity contribution in [3.63, 3.8) is 0 Å². The summed E-state index contributed by atoms with van der Waals surface area (Å²) >= 11 is 0. The Kier molecular flexibility index (Phi) is 6.46. The average molecular weight is 378 g/mol. The first-order valence-electron chi connectivity index (χ1n) is 9.11. The van der Waals surface area contributed by atoms with Gasteiger partial charge in [0.05, 0.1) is 30.7 Å². The zero-order valence-electron chi connectivity index (χ0n) is 15.6. The molecule has 1 heterocycles. The van der Waals surface area contributed by atoms with Gasteiger partial charge in [0.25, 0.3) is 11.8 Å². The minimum absolute atomic E-state index is 0.271. The molecule has 0 aliphatic heterocycles. The summed E-state index contributed by atoms with van der Waals surface area (Å²) in [5.74, 6) is 0.778. The summed E-state index contributed by atoms with van der Waals surface area (Å²) in [6.07, 6.45) is 2.47. The van der Waals surface area contributed by atoms with Gasteiger partial charge in [0.2, 0.25) is 0 Å². The molecule has 2 N–H and O–H groups in total. The summed E-state index contributed by atoms with van der Waals surface area (Å²) in [6.45, 7) is 2.93. The van der Waals surface area contributed by atoms with Crippen molar-refractivity contribution < 1.29 is 18.7 Å². The fourth-order valence-corrected chi connectivity index (χ4v) is 2.58. The van der Waals surface area contributed by atoms with Crippen LogP contribution >= 0.6 is 0 Å². The highest BCUT2D eigenvalue weighted by molar-refractivity contribution is 6.09. The van der Waals surface area contributed by atoms with E-state index in [9.17, 15) is 9.59 Å². The van der Waals surface area contributed by atoms with Crippen LogP contribution in [0.5, 0.6) is 5.75 Å². The van der Waals surface area contributed by atoms with Crippen LogP contribution in [-0.2, 0) is 6.54 Å². The zero-order valence-corrected chi connectivity index (χ0v) is 15.6. The van der Waals surface area contributed by atoms with E-state index in [1.165, 1.54) is 0 Å². The summed E-state index contributed by atoms with van der Waals surface area (Å²) in [7, 11) is 0. The molecule has 144 valence electrons. The van der Waals surface area contributed by atoms with E-state index in [1.54, 1.807) is 66.9 Å². The van der Waals surface area contributed by atoms with Crippen molar-refractivity contribution >= 4 is 17.5 Å². The quantitative estimate of drug-likeness (QED) is 0.614. The second-order valence-corrected chi connectivity index (χ2v) is 6.13. The van der Waals surface area contributed by atoms with Crippen LogP contribution in [0.25, 0.3) is 0 Å². The maximum atomic E-state index is 12.6. The summed E-state index contributed by atoms with van der Waals surface area (Å²) in [5.41, 5.74) is 1.30. The molecule has 0 fully saturated rings. The molecule has 6 nitrogen and oxygen atoms in total. The third-order valence-corrected chi connectivity index (χ3v) is 4.01. The monoisotopic (exact) mass is 378 g/mol. The number of benzene rings is 2. The minimum Gasteiger partial charge on any atom is -0.494 e. The van der Waals surface area contributed by atoms with E-state index >= 15 is 0 Å². The van der Waals surface area contributed by atoms with E-state index in [4.69, 9.17) is 9.15 Å². The Morgan fingerprint density at radius 3 is 2.46 bits per heavy atom. The van der Waals surface area contributed by atoms with Gasteiger partial charge < -0.3 is 19.8 Å². The van der Waals surface area contributed by atoms with Gasteiger partial charge >= 0.3 is 0 Å². The molecule has 2 amide bonds. The van der Waals surface area contributed by atoms with Crippen molar-refractivity contribution in [1.29, 1.82) is 0 Å². The van der Waals surface area contributed by atoms with E-state index < -0.39 is 0 Å². The Morgan fingerprint density at radius 2 is 1.75 bits per heavy atom. The van der Waals surface area contributed by atoms with Crippen molar-refractivity contribution in [2.45, 2.75) is 19.9 Å². The van der Waals surface area contributed by atoms with Gasteiger partial charge in [-0.15, -0.1) is 0 Å². The van der Waals surface area contributed by atoms with E-state index in [2.05, 4.69) is 10.6 Å². The molecule has 0 bridgehead atoms. The number of para-hydroxylation sites is 1. The molecule has 1 aromatic heterocycles. The number of anilines is 1. The third kappa shape index (κ3) is 5.01. The fourth-order valence-electron chi connectivity index (χ4n) is 2.58. The Labute approximate surface area is 163 Å². The van der Waals surface area contributed by atoms with Crippen LogP contribution in [0.15, 0.2) is 71.3 Å². The molecule has 0 unspecified atom stereocenters. The van der Waals surface area contributed by atoms with Gasteiger partial charge in [-0.05, 0) is 55.0 Å². The first-order valence-corrected chi connectivity index (χ1v) is 9.11. The van der Waals surface area contributed by atoms with Crippen LogP contribution in [0, 0.1) is 0 Å². The molecule has 0 saturated heterocycles. The number of amides is 2. The number of hydrogen-bond acceptors (Lipinski definition) is 4. The molecule has 28 heavy (non-hydrogen) atoms. The molecule has 6 heteroatoms. The number of furan rings is 1. The van der Waals surface area contributed by atoms with Crippen molar-refractivity contribution in [1.82, 2.24) is 5.32 Å². The normalized spacial score (nSPS) is 10.3. The van der Waals surface area contributed by atoms with E-state index in [0.717, 1.165) is 12.2 Å². The number of ether oxygens (including phenoxy) is 1. The molecule has 3 aromatic rings. The Morgan fingerprint density at radius 1 is 0.964 bits per heavy atom. The summed E-state index contributed by atoms with van der Waals surface area (Å²) < 4.78 is 10.7. The Hall–Kier alpha value is -3.54. The minimum atomic E-state index is -0.298. The number of rotatable bonds is 8. The molecular weight excluding hydrogens is 356 g/mol. The lowest BCUT2D eigenvalue weighted by Crippen LogP contribution is -2.24. The highest BCUT2D eigenvalue weighted by Crippen LogP contribution is 2.18. The van der Waals surface area contributed by atoms with Crippen molar-refractivity contribution in [3.05, 3.63) is 83.8 Å². The highest BCUT2D eigenvalue weighted by atomic mass is 16.5. The fraction of sp³-hybridized carbons (Fsp3) is 0.182. The van der Waals surface area contributed by atoms with E-state index in [-0.39, 0.29) is 18.4 Å². The van der Waals surface area contributed by atoms with Gasteiger partial charge in [0.1, 0.15) is 11.5 Å². The van der Waals surface area contributed by atoms with Crippen LogP contribution in [0.1, 0.15) is 39.8 Å². The first kappa shape index (κ1) is 19.2. The van der Waals surface area contributed by atoms with Crippen LogP contribution in [0.2, 0.25) is 0 Å². The molecule has 0 aliphatic carbocycles. The van der Waals surface area contributed by atoms with Crippen molar-refractivity contribution in [2.75, 3.05) is 11.9 Å². The van der Waals surface area contributed by atoms with Gasteiger partial charge in [-0.25, -0.2) is 0 Å². The topological polar surface area (TPSA) is 80.6 Å². The number of hydrogen-bond donors (Lipinski definition) is 2. The lowest BCUT2D eigenvalue weighted by Gasteiger charge is -2.11. The van der Waals surface area contributed by atoms with Crippen molar-refractivity contribution in [3.8, 4) is 5.75 Å². The summed E-state index contributed by atoms with van der Waals surface area (Å²) in [6, 6.07) is 17.3. The largest absolute Gasteiger partial charge is 0.494 e. The SMILES string of the molecule is CCCOc1ccc(C(=O)Nc2ccccc2C(=O)NCc2ccco2)cc1. The van der Waals surface area contributed by atoms with Gasteiger partial charge in [0, 0.05) is 5.56 Å². The maximum absolute atomic E-state index is 12.6. The predicted molar refractivity (Wildman–Crippen MR) is 107 cm³/mol. The first-order chi connectivity index (χ1) is 13.7. The van der Waals surface area contributed by atoms with Crippen LogP contribution in [-0.4, -0.2) is 18.4 Å². The maximum Gasteiger partial charge on any atom is 0.255 e. The van der Waals surface area contributed by atoms with Gasteiger partial charge in [0.15, 0.2) is 0 Å².